The van der Waals surface area contributed by atoms with Crippen molar-refractivity contribution in [3.63, 3.8) is 0 Å². The molecule has 0 atom stereocenters. The largest absolute Gasteiger partial charge is 0.129 e. The lowest BCUT2D eigenvalue weighted by Crippen LogP contribution is -1.93. The Morgan fingerprint density at radius 1 is 1.21 bits per heavy atom. The minimum Gasteiger partial charge on any atom is -0.129 e. The van der Waals surface area contributed by atoms with E-state index in [-0.39, 0.29) is 0 Å². The second kappa shape index (κ2) is 4.39. The van der Waals surface area contributed by atoms with Crippen molar-refractivity contribution in [1.29, 1.82) is 0 Å². The van der Waals surface area contributed by atoms with E-state index in [0.29, 0.717) is 0 Å². The monoisotopic (exact) mass is 206 g/mol. The molecule has 0 amide bonds. The predicted molar refractivity (Wildman–Crippen MR) is 64.2 cm³/mol. The maximum absolute atomic E-state index is 2.40. The van der Waals surface area contributed by atoms with Gasteiger partial charge in [0.15, 0.2) is 0 Å². The molecule has 1 heteroatoms. The van der Waals surface area contributed by atoms with Gasteiger partial charge in [-0.3, -0.25) is 0 Å². The summed E-state index contributed by atoms with van der Waals surface area (Å²) in [5, 5.41) is 0. The van der Waals surface area contributed by atoms with Crippen molar-refractivity contribution in [3.05, 3.63) is 29.3 Å². The van der Waals surface area contributed by atoms with Crippen molar-refractivity contribution >= 4 is 11.8 Å². The molecule has 1 fully saturated rings. The molecule has 76 valence electrons. The average Bonchev–Trinajstić information content (AvgIpc) is 2.71. The highest BCUT2D eigenvalue weighted by atomic mass is 32.2. The van der Waals surface area contributed by atoms with Crippen LogP contribution in [0.15, 0.2) is 23.1 Å². The highest BCUT2D eigenvalue weighted by Gasteiger charge is 2.17. The fraction of sp³-hybridized carbons (Fsp3) is 0.538. The molecule has 0 spiro atoms. The summed E-state index contributed by atoms with van der Waals surface area (Å²) >= 11 is 1.87. The van der Waals surface area contributed by atoms with Crippen LogP contribution in [-0.2, 0) is 0 Å². The highest BCUT2D eigenvalue weighted by molar-refractivity contribution is 7.98. The molecule has 2 rings (SSSR count). The van der Waals surface area contributed by atoms with Crippen LogP contribution in [0.5, 0.6) is 0 Å². The van der Waals surface area contributed by atoms with Crippen LogP contribution in [0.25, 0.3) is 0 Å². The van der Waals surface area contributed by atoms with Gasteiger partial charge in [-0.2, -0.15) is 0 Å². The number of benzene rings is 1. The second-order valence-corrected chi connectivity index (χ2v) is 5.06. The van der Waals surface area contributed by atoms with Gasteiger partial charge in [0.25, 0.3) is 0 Å². The zero-order valence-corrected chi connectivity index (χ0v) is 9.86. The van der Waals surface area contributed by atoms with Gasteiger partial charge in [0.2, 0.25) is 0 Å². The van der Waals surface area contributed by atoms with E-state index in [1.54, 1.807) is 5.56 Å². The molecular weight excluding hydrogens is 188 g/mol. The summed E-state index contributed by atoms with van der Waals surface area (Å²) in [5.74, 6) is 0.849. The summed E-state index contributed by atoms with van der Waals surface area (Å²) in [4.78, 5) is 1.45. The Bertz CT molecular complexity index is 311. The highest BCUT2D eigenvalue weighted by Crippen LogP contribution is 2.35. The first-order valence-electron chi connectivity index (χ1n) is 5.46. The van der Waals surface area contributed by atoms with Crippen LogP contribution in [0.3, 0.4) is 0 Å². The summed E-state index contributed by atoms with van der Waals surface area (Å²) in [6.07, 6.45) is 7.81. The van der Waals surface area contributed by atoms with E-state index in [9.17, 15) is 0 Å². The summed E-state index contributed by atoms with van der Waals surface area (Å²) in [7, 11) is 0. The molecule has 0 aliphatic heterocycles. The molecule has 1 saturated carbocycles. The van der Waals surface area contributed by atoms with Gasteiger partial charge in [-0.05, 0) is 49.1 Å². The van der Waals surface area contributed by atoms with E-state index in [2.05, 4.69) is 31.4 Å². The minimum atomic E-state index is 0.849. The fourth-order valence-corrected chi connectivity index (χ4v) is 2.99. The molecule has 1 aromatic carbocycles. The molecule has 0 N–H and O–H groups in total. The number of thioether (sulfide) groups is 1. The summed E-state index contributed by atoms with van der Waals surface area (Å²) < 4.78 is 0. The van der Waals surface area contributed by atoms with E-state index >= 15 is 0 Å². The maximum atomic E-state index is 2.40. The van der Waals surface area contributed by atoms with Crippen molar-refractivity contribution in [2.75, 3.05) is 6.26 Å². The van der Waals surface area contributed by atoms with Crippen LogP contribution in [0.1, 0.15) is 42.7 Å². The van der Waals surface area contributed by atoms with Gasteiger partial charge in [-0.15, -0.1) is 11.8 Å². The molecule has 0 bridgehead atoms. The third kappa shape index (κ3) is 1.98. The fourth-order valence-electron chi connectivity index (χ4n) is 2.35. The van der Waals surface area contributed by atoms with E-state index in [1.807, 2.05) is 11.8 Å². The quantitative estimate of drug-likeness (QED) is 0.647. The van der Waals surface area contributed by atoms with Crippen molar-refractivity contribution in [2.24, 2.45) is 0 Å². The van der Waals surface area contributed by atoms with E-state index in [4.69, 9.17) is 0 Å². The van der Waals surface area contributed by atoms with Gasteiger partial charge in [-0.25, -0.2) is 0 Å². The Kier molecular flexibility index (Phi) is 3.17. The second-order valence-electron chi connectivity index (χ2n) is 4.21. The van der Waals surface area contributed by atoms with Crippen LogP contribution in [0.2, 0.25) is 0 Å². The summed E-state index contributed by atoms with van der Waals surface area (Å²) in [6, 6.07) is 7.00. The Labute approximate surface area is 91.1 Å². The van der Waals surface area contributed by atoms with Gasteiger partial charge >= 0.3 is 0 Å². The molecule has 0 radical (unpaired) electrons. The summed E-state index contributed by atoms with van der Waals surface area (Å²) in [6.45, 7) is 2.20. The molecule has 1 aliphatic carbocycles. The first-order chi connectivity index (χ1) is 6.81. The Balaban J connectivity index is 2.25. The summed E-state index contributed by atoms with van der Waals surface area (Å²) in [5.41, 5.74) is 2.98. The zero-order valence-electron chi connectivity index (χ0n) is 9.05. The molecule has 1 aromatic rings. The predicted octanol–water partition coefficient (Wildman–Crippen LogP) is 4.37. The molecule has 0 nitrogen and oxygen atoms in total. The number of rotatable bonds is 2. The third-order valence-electron chi connectivity index (χ3n) is 3.26. The standard InChI is InChI=1S/C13H18S/c1-10-7-8-12(9-13(10)14-2)11-5-3-4-6-11/h7-9,11H,3-6H2,1-2H3. The Hall–Kier alpha value is -0.430. The van der Waals surface area contributed by atoms with Crippen molar-refractivity contribution in [3.8, 4) is 0 Å². The molecular formula is C13H18S. The topological polar surface area (TPSA) is 0 Å². The molecule has 0 saturated heterocycles. The Morgan fingerprint density at radius 3 is 2.57 bits per heavy atom. The van der Waals surface area contributed by atoms with Gasteiger partial charge in [0, 0.05) is 4.90 Å². The molecule has 14 heavy (non-hydrogen) atoms. The number of aryl methyl sites for hydroxylation is 1. The van der Waals surface area contributed by atoms with E-state index < -0.39 is 0 Å². The first kappa shape index (κ1) is 10.1. The van der Waals surface area contributed by atoms with E-state index in [1.165, 1.54) is 36.1 Å². The van der Waals surface area contributed by atoms with Crippen molar-refractivity contribution < 1.29 is 0 Å². The van der Waals surface area contributed by atoms with Crippen LogP contribution in [0.4, 0.5) is 0 Å². The van der Waals surface area contributed by atoms with Crippen molar-refractivity contribution in [1.82, 2.24) is 0 Å². The van der Waals surface area contributed by atoms with Crippen LogP contribution in [0, 0.1) is 6.92 Å². The van der Waals surface area contributed by atoms with E-state index in [0.717, 1.165) is 5.92 Å². The van der Waals surface area contributed by atoms with Crippen LogP contribution >= 0.6 is 11.8 Å². The lowest BCUT2D eigenvalue weighted by molar-refractivity contribution is 0.720. The van der Waals surface area contributed by atoms with Gasteiger partial charge in [-0.1, -0.05) is 25.0 Å². The van der Waals surface area contributed by atoms with Crippen molar-refractivity contribution in [2.45, 2.75) is 43.4 Å². The molecule has 0 unspecified atom stereocenters. The lowest BCUT2D eigenvalue weighted by atomic mass is 9.97. The number of hydrogen-bond donors (Lipinski definition) is 0. The minimum absolute atomic E-state index is 0.849. The average molecular weight is 206 g/mol. The molecule has 0 aromatic heterocycles. The normalized spacial score (nSPS) is 17.6. The lowest BCUT2D eigenvalue weighted by Gasteiger charge is -2.12. The van der Waals surface area contributed by atoms with Crippen LogP contribution in [-0.4, -0.2) is 6.26 Å². The first-order valence-corrected chi connectivity index (χ1v) is 6.68. The molecule has 1 aliphatic rings. The third-order valence-corrected chi connectivity index (χ3v) is 4.14. The zero-order chi connectivity index (χ0) is 9.97. The van der Waals surface area contributed by atoms with Crippen LogP contribution < -0.4 is 0 Å². The Morgan fingerprint density at radius 2 is 1.93 bits per heavy atom. The SMILES string of the molecule is CSc1cc(C2CCCC2)ccc1C. The smallest absolute Gasteiger partial charge is 0.0101 e. The maximum Gasteiger partial charge on any atom is 0.0101 e. The van der Waals surface area contributed by atoms with Gasteiger partial charge in [0.1, 0.15) is 0 Å². The van der Waals surface area contributed by atoms with Gasteiger partial charge in [0.05, 0.1) is 0 Å². The molecule has 0 heterocycles. The van der Waals surface area contributed by atoms with Gasteiger partial charge < -0.3 is 0 Å². The number of hydrogen-bond acceptors (Lipinski definition) is 1.